The molecule has 1 aliphatic carbocycles. The van der Waals surface area contributed by atoms with Crippen LogP contribution >= 0.6 is 0 Å². The number of piperidine rings is 1. The van der Waals surface area contributed by atoms with Crippen LogP contribution in [0, 0.1) is 0 Å². The van der Waals surface area contributed by atoms with Crippen molar-refractivity contribution in [3.8, 4) is 0 Å². The summed E-state index contributed by atoms with van der Waals surface area (Å²) in [4.78, 5) is 0. The molecule has 1 atom stereocenters. The van der Waals surface area contributed by atoms with Gasteiger partial charge in [0, 0.05) is 37.4 Å². The smallest absolute Gasteiger partial charge is 0.0540 e. The van der Waals surface area contributed by atoms with E-state index in [4.69, 9.17) is 0 Å². The van der Waals surface area contributed by atoms with Gasteiger partial charge in [-0.1, -0.05) is 6.42 Å². The lowest BCUT2D eigenvalue weighted by Gasteiger charge is -2.33. The third-order valence-corrected chi connectivity index (χ3v) is 4.07. The van der Waals surface area contributed by atoms with Crippen molar-refractivity contribution in [3.63, 3.8) is 0 Å². The van der Waals surface area contributed by atoms with E-state index in [1.165, 1.54) is 62.9 Å². The summed E-state index contributed by atoms with van der Waals surface area (Å²) in [6.07, 6.45) is 9.81. The minimum atomic E-state index is 0.491. The van der Waals surface area contributed by atoms with Gasteiger partial charge in [-0.25, -0.2) is 10.4 Å². The Balaban J connectivity index is 1.71. The van der Waals surface area contributed by atoms with E-state index in [2.05, 4.69) is 28.8 Å². The Bertz CT molecular complexity index is 379. The van der Waals surface area contributed by atoms with Crippen molar-refractivity contribution in [2.45, 2.75) is 44.6 Å². The van der Waals surface area contributed by atoms with Gasteiger partial charge in [0.15, 0.2) is 0 Å². The van der Waals surface area contributed by atoms with E-state index in [-0.39, 0.29) is 0 Å². The largest absolute Gasteiger partial charge is 0.272 e. The lowest BCUT2D eigenvalue weighted by atomic mass is 9.93. The molecule has 17 heavy (non-hydrogen) atoms. The van der Waals surface area contributed by atoms with Crippen molar-refractivity contribution in [2.75, 3.05) is 13.1 Å². The lowest BCUT2D eigenvalue weighted by molar-refractivity contribution is 0.122. The monoisotopic (exact) mass is 234 g/mol. The van der Waals surface area contributed by atoms with Crippen LogP contribution < -0.4 is 5.43 Å². The van der Waals surface area contributed by atoms with Crippen LogP contribution in [0.3, 0.4) is 0 Å². The van der Waals surface area contributed by atoms with Gasteiger partial charge in [-0.15, -0.1) is 0 Å². The molecular formula is C13H22N4. The van der Waals surface area contributed by atoms with E-state index < -0.39 is 0 Å². The molecule has 4 nitrogen and oxygen atoms in total. The van der Waals surface area contributed by atoms with E-state index in [0.717, 1.165) is 0 Å². The first-order chi connectivity index (χ1) is 8.34. The second kappa shape index (κ2) is 4.78. The molecule has 0 spiro atoms. The maximum Gasteiger partial charge on any atom is 0.0540 e. The summed E-state index contributed by atoms with van der Waals surface area (Å²) in [5, 5.41) is 6.81. The fourth-order valence-electron chi connectivity index (χ4n) is 3.08. The SMILES string of the molecule is Cn1ncc2c1CCCC2NN1CCCCC1. The van der Waals surface area contributed by atoms with Crippen LogP contribution in [0.15, 0.2) is 6.20 Å². The van der Waals surface area contributed by atoms with Crippen molar-refractivity contribution in [3.05, 3.63) is 17.5 Å². The molecule has 2 heterocycles. The number of nitrogens with one attached hydrogen (secondary N) is 1. The van der Waals surface area contributed by atoms with Gasteiger partial charge in [-0.2, -0.15) is 5.10 Å². The zero-order valence-corrected chi connectivity index (χ0v) is 10.7. The molecule has 0 saturated carbocycles. The first-order valence-electron chi connectivity index (χ1n) is 6.86. The van der Waals surface area contributed by atoms with Crippen LogP contribution in [0.2, 0.25) is 0 Å². The predicted molar refractivity (Wildman–Crippen MR) is 67.4 cm³/mol. The average molecular weight is 234 g/mol. The minimum Gasteiger partial charge on any atom is -0.272 e. The number of hydrazine groups is 1. The van der Waals surface area contributed by atoms with Gasteiger partial charge in [0.2, 0.25) is 0 Å². The Morgan fingerprint density at radius 1 is 1.24 bits per heavy atom. The van der Waals surface area contributed by atoms with Gasteiger partial charge in [0.1, 0.15) is 0 Å². The molecule has 1 aromatic rings. The predicted octanol–water partition coefficient (Wildman–Crippen LogP) is 1.79. The molecule has 1 aliphatic heterocycles. The maximum atomic E-state index is 4.40. The number of aromatic nitrogens is 2. The molecule has 0 radical (unpaired) electrons. The number of aryl methyl sites for hydroxylation is 1. The van der Waals surface area contributed by atoms with Gasteiger partial charge >= 0.3 is 0 Å². The fraction of sp³-hybridized carbons (Fsp3) is 0.769. The number of hydrogen-bond acceptors (Lipinski definition) is 3. The highest BCUT2D eigenvalue weighted by atomic mass is 15.5. The molecule has 1 unspecified atom stereocenters. The summed E-state index contributed by atoms with van der Waals surface area (Å²) in [6, 6.07) is 0.491. The summed E-state index contributed by atoms with van der Waals surface area (Å²) in [7, 11) is 2.06. The maximum absolute atomic E-state index is 4.40. The molecule has 1 saturated heterocycles. The Morgan fingerprint density at radius 3 is 2.88 bits per heavy atom. The second-order valence-electron chi connectivity index (χ2n) is 5.29. The Morgan fingerprint density at radius 2 is 2.06 bits per heavy atom. The number of nitrogens with zero attached hydrogens (tertiary/aromatic N) is 3. The van der Waals surface area contributed by atoms with E-state index in [1.54, 1.807) is 0 Å². The number of hydrogen-bond donors (Lipinski definition) is 1. The van der Waals surface area contributed by atoms with Crippen molar-refractivity contribution in [2.24, 2.45) is 7.05 Å². The van der Waals surface area contributed by atoms with E-state index >= 15 is 0 Å². The topological polar surface area (TPSA) is 33.1 Å². The third-order valence-electron chi connectivity index (χ3n) is 4.07. The van der Waals surface area contributed by atoms with Crippen LogP contribution in [0.1, 0.15) is 49.4 Å². The minimum absolute atomic E-state index is 0.491. The fourth-order valence-corrected chi connectivity index (χ4v) is 3.08. The second-order valence-corrected chi connectivity index (χ2v) is 5.29. The molecule has 4 heteroatoms. The molecule has 1 N–H and O–H groups in total. The highest BCUT2D eigenvalue weighted by molar-refractivity contribution is 5.24. The van der Waals surface area contributed by atoms with Crippen molar-refractivity contribution in [1.82, 2.24) is 20.2 Å². The molecule has 1 fully saturated rings. The van der Waals surface area contributed by atoms with Gasteiger partial charge in [0.05, 0.1) is 6.20 Å². The summed E-state index contributed by atoms with van der Waals surface area (Å²) in [5.74, 6) is 0. The summed E-state index contributed by atoms with van der Waals surface area (Å²) in [5.41, 5.74) is 6.55. The van der Waals surface area contributed by atoms with Gasteiger partial charge in [0.25, 0.3) is 0 Å². The molecule has 0 amide bonds. The molecule has 94 valence electrons. The highest BCUT2D eigenvalue weighted by Gasteiger charge is 2.25. The van der Waals surface area contributed by atoms with Crippen LogP contribution in [0.4, 0.5) is 0 Å². The highest BCUT2D eigenvalue weighted by Crippen LogP contribution is 2.29. The van der Waals surface area contributed by atoms with Crippen LogP contribution in [-0.4, -0.2) is 27.9 Å². The molecule has 0 bridgehead atoms. The van der Waals surface area contributed by atoms with Gasteiger partial charge < -0.3 is 0 Å². The molecular weight excluding hydrogens is 212 g/mol. The normalized spacial score (nSPS) is 25.8. The lowest BCUT2D eigenvalue weighted by Crippen LogP contribution is -2.44. The van der Waals surface area contributed by atoms with Crippen LogP contribution in [-0.2, 0) is 13.5 Å². The first-order valence-corrected chi connectivity index (χ1v) is 6.86. The summed E-state index contributed by atoms with van der Waals surface area (Å²) < 4.78 is 2.04. The van der Waals surface area contributed by atoms with Gasteiger partial charge in [-0.05, 0) is 32.1 Å². The summed E-state index contributed by atoms with van der Waals surface area (Å²) >= 11 is 0. The molecule has 0 aromatic carbocycles. The zero-order chi connectivity index (χ0) is 11.7. The van der Waals surface area contributed by atoms with E-state index in [0.29, 0.717) is 6.04 Å². The van der Waals surface area contributed by atoms with Crippen molar-refractivity contribution in [1.29, 1.82) is 0 Å². The van der Waals surface area contributed by atoms with Crippen molar-refractivity contribution >= 4 is 0 Å². The third kappa shape index (κ3) is 2.24. The quantitative estimate of drug-likeness (QED) is 0.847. The van der Waals surface area contributed by atoms with E-state index in [9.17, 15) is 0 Å². The summed E-state index contributed by atoms with van der Waals surface area (Å²) in [6.45, 7) is 2.40. The standard InChI is InChI=1S/C13H22N4/c1-16-13-7-5-6-12(11(13)10-14-16)15-17-8-3-2-4-9-17/h10,12,15H,2-9H2,1H3. The number of rotatable bonds is 2. The van der Waals surface area contributed by atoms with Crippen LogP contribution in [0.5, 0.6) is 0 Å². The average Bonchev–Trinajstić information content (AvgIpc) is 2.74. The Hall–Kier alpha value is -0.870. The molecule has 3 rings (SSSR count). The zero-order valence-electron chi connectivity index (χ0n) is 10.7. The number of fused-ring (bicyclic) bond motifs is 1. The van der Waals surface area contributed by atoms with Gasteiger partial charge in [-0.3, -0.25) is 4.68 Å². The molecule has 1 aromatic heterocycles. The van der Waals surface area contributed by atoms with Crippen LogP contribution in [0.25, 0.3) is 0 Å². The Kier molecular flexibility index (Phi) is 3.16. The first kappa shape index (κ1) is 11.2. The van der Waals surface area contributed by atoms with E-state index in [1.807, 2.05) is 4.68 Å². The Labute approximate surface area is 103 Å². The van der Waals surface area contributed by atoms with Crippen molar-refractivity contribution < 1.29 is 0 Å². The molecule has 2 aliphatic rings.